The maximum Gasteiger partial charge on any atom is 0.305 e. The van der Waals surface area contributed by atoms with E-state index in [1.165, 1.54) is 7.11 Å². The van der Waals surface area contributed by atoms with E-state index in [1.54, 1.807) is 4.68 Å². The molecule has 1 heterocycles. The third-order valence-corrected chi connectivity index (χ3v) is 1.94. The summed E-state index contributed by atoms with van der Waals surface area (Å²) in [6.07, 6.45) is 1.16. The number of esters is 1. The highest BCUT2D eigenvalue weighted by molar-refractivity contribution is 5.68. The van der Waals surface area contributed by atoms with E-state index in [-0.39, 0.29) is 5.97 Å². The van der Waals surface area contributed by atoms with E-state index >= 15 is 0 Å². The van der Waals surface area contributed by atoms with Crippen molar-refractivity contribution in [2.24, 2.45) is 0 Å². The maximum absolute atomic E-state index is 10.8. The van der Waals surface area contributed by atoms with E-state index in [9.17, 15) is 4.79 Å². The molecule has 0 radical (unpaired) electrons. The molecule has 78 valence electrons. The zero-order valence-electron chi connectivity index (χ0n) is 8.78. The Hall–Kier alpha value is -1.39. The Kier molecular flexibility index (Phi) is 3.62. The molecule has 0 amide bonds. The largest absolute Gasteiger partial charge is 0.469 e. The van der Waals surface area contributed by atoms with Crippen LogP contribution in [0.25, 0.3) is 0 Å². The normalized spacial score (nSPS) is 10.2. The first-order valence-electron chi connectivity index (χ1n) is 4.58. The Morgan fingerprint density at radius 3 is 2.71 bits per heavy atom. The number of methoxy groups -OCH3 is 1. The molecule has 1 aromatic heterocycles. The Morgan fingerprint density at radius 1 is 1.50 bits per heavy atom. The highest BCUT2D eigenvalue weighted by Gasteiger charge is 2.04. The lowest BCUT2D eigenvalue weighted by Crippen LogP contribution is -2.06. The van der Waals surface area contributed by atoms with Gasteiger partial charge < -0.3 is 4.74 Å². The highest BCUT2D eigenvalue weighted by Crippen LogP contribution is 2.00. The van der Waals surface area contributed by atoms with Gasteiger partial charge in [0.15, 0.2) is 0 Å². The van der Waals surface area contributed by atoms with Crippen LogP contribution >= 0.6 is 0 Å². The van der Waals surface area contributed by atoms with Crippen molar-refractivity contribution in [3.8, 4) is 0 Å². The van der Waals surface area contributed by atoms with Gasteiger partial charge in [0, 0.05) is 13.0 Å². The van der Waals surface area contributed by atoms with Gasteiger partial charge in [0.05, 0.1) is 7.11 Å². The fourth-order valence-electron chi connectivity index (χ4n) is 1.25. The molecule has 1 rings (SSSR count). The SMILES string of the molecule is COC(=O)CCCn1nc(C)nc1C. The van der Waals surface area contributed by atoms with Gasteiger partial charge >= 0.3 is 5.97 Å². The lowest BCUT2D eigenvalue weighted by atomic mass is 10.3. The molecule has 0 saturated heterocycles. The maximum atomic E-state index is 10.8. The van der Waals surface area contributed by atoms with Crippen molar-refractivity contribution in [1.29, 1.82) is 0 Å². The predicted octanol–water partition coefficient (Wildman–Crippen LogP) is 0.848. The molecule has 5 nitrogen and oxygen atoms in total. The number of carbonyl (C=O) groups is 1. The quantitative estimate of drug-likeness (QED) is 0.671. The van der Waals surface area contributed by atoms with E-state index < -0.39 is 0 Å². The second-order valence-electron chi connectivity index (χ2n) is 3.11. The molecule has 0 bridgehead atoms. The van der Waals surface area contributed by atoms with Crippen molar-refractivity contribution in [2.45, 2.75) is 33.2 Å². The van der Waals surface area contributed by atoms with Crippen molar-refractivity contribution in [1.82, 2.24) is 14.8 Å². The van der Waals surface area contributed by atoms with E-state index in [0.29, 0.717) is 13.0 Å². The summed E-state index contributed by atoms with van der Waals surface area (Å²) in [5.41, 5.74) is 0. The number of hydrogen-bond donors (Lipinski definition) is 0. The van der Waals surface area contributed by atoms with E-state index in [0.717, 1.165) is 18.1 Å². The molecule has 0 aliphatic carbocycles. The first-order chi connectivity index (χ1) is 6.63. The topological polar surface area (TPSA) is 57.0 Å². The van der Waals surface area contributed by atoms with Crippen LogP contribution in [0.3, 0.4) is 0 Å². The average molecular weight is 197 g/mol. The molecule has 0 aliphatic heterocycles. The number of aryl methyl sites for hydroxylation is 3. The summed E-state index contributed by atoms with van der Waals surface area (Å²) < 4.78 is 6.34. The van der Waals surface area contributed by atoms with Crippen LogP contribution in [0.2, 0.25) is 0 Å². The van der Waals surface area contributed by atoms with E-state index in [4.69, 9.17) is 0 Å². The summed E-state index contributed by atoms with van der Waals surface area (Å²) in [6, 6.07) is 0. The molecule has 0 unspecified atom stereocenters. The van der Waals surface area contributed by atoms with Crippen molar-refractivity contribution in [2.75, 3.05) is 7.11 Å². The van der Waals surface area contributed by atoms with E-state index in [2.05, 4.69) is 14.8 Å². The van der Waals surface area contributed by atoms with Gasteiger partial charge in [-0.05, 0) is 20.3 Å². The molecule has 0 atom stereocenters. The first-order valence-corrected chi connectivity index (χ1v) is 4.58. The molecule has 14 heavy (non-hydrogen) atoms. The zero-order chi connectivity index (χ0) is 10.6. The van der Waals surface area contributed by atoms with Gasteiger partial charge in [0.2, 0.25) is 0 Å². The number of carbonyl (C=O) groups excluding carboxylic acids is 1. The highest BCUT2D eigenvalue weighted by atomic mass is 16.5. The summed E-state index contributed by atoms with van der Waals surface area (Å²) in [6.45, 7) is 4.46. The standard InChI is InChI=1S/C9H15N3O2/c1-7-10-8(2)12(11-7)6-4-5-9(13)14-3/h4-6H2,1-3H3. The van der Waals surface area contributed by atoms with Crippen LogP contribution < -0.4 is 0 Å². The Bertz CT molecular complexity index is 320. The molecular weight excluding hydrogens is 182 g/mol. The van der Waals surface area contributed by atoms with Gasteiger partial charge in [0.1, 0.15) is 11.6 Å². The molecular formula is C9H15N3O2. The smallest absolute Gasteiger partial charge is 0.305 e. The van der Waals surface area contributed by atoms with Gasteiger partial charge in [-0.3, -0.25) is 9.48 Å². The molecule has 0 spiro atoms. The summed E-state index contributed by atoms with van der Waals surface area (Å²) >= 11 is 0. The second kappa shape index (κ2) is 4.74. The lowest BCUT2D eigenvalue weighted by molar-refractivity contribution is -0.140. The van der Waals surface area contributed by atoms with Crippen LogP contribution in [0.4, 0.5) is 0 Å². The number of aromatic nitrogens is 3. The molecule has 0 aromatic carbocycles. The third-order valence-electron chi connectivity index (χ3n) is 1.94. The fourth-order valence-corrected chi connectivity index (χ4v) is 1.25. The van der Waals surface area contributed by atoms with Crippen LogP contribution in [-0.2, 0) is 16.1 Å². The summed E-state index contributed by atoms with van der Waals surface area (Å²) in [7, 11) is 1.40. The second-order valence-corrected chi connectivity index (χ2v) is 3.11. The molecule has 0 aliphatic rings. The minimum atomic E-state index is -0.181. The lowest BCUT2D eigenvalue weighted by Gasteiger charge is -2.01. The predicted molar refractivity (Wildman–Crippen MR) is 50.7 cm³/mol. The molecule has 1 aromatic rings. The number of rotatable bonds is 4. The summed E-state index contributed by atoms with van der Waals surface area (Å²) in [5, 5.41) is 4.19. The van der Waals surface area contributed by atoms with Crippen molar-refractivity contribution < 1.29 is 9.53 Å². The molecule has 0 fully saturated rings. The molecule has 0 saturated carbocycles. The van der Waals surface area contributed by atoms with Crippen LogP contribution in [0, 0.1) is 13.8 Å². The van der Waals surface area contributed by atoms with Crippen LogP contribution in [0.1, 0.15) is 24.5 Å². The monoisotopic (exact) mass is 197 g/mol. The van der Waals surface area contributed by atoms with Crippen LogP contribution in [0.15, 0.2) is 0 Å². The molecule has 0 N–H and O–H groups in total. The number of ether oxygens (including phenoxy) is 1. The van der Waals surface area contributed by atoms with Crippen molar-refractivity contribution >= 4 is 5.97 Å². The number of nitrogens with zero attached hydrogens (tertiary/aromatic N) is 3. The summed E-state index contributed by atoms with van der Waals surface area (Å²) in [4.78, 5) is 15.0. The Morgan fingerprint density at radius 2 is 2.21 bits per heavy atom. The van der Waals surface area contributed by atoms with E-state index in [1.807, 2.05) is 13.8 Å². The number of hydrogen-bond acceptors (Lipinski definition) is 4. The minimum absolute atomic E-state index is 0.181. The zero-order valence-corrected chi connectivity index (χ0v) is 8.78. The van der Waals surface area contributed by atoms with Crippen molar-refractivity contribution in [3.05, 3.63) is 11.6 Å². The fraction of sp³-hybridized carbons (Fsp3) is 0.667. The van der Waals surface area contributed by atoms with Gasteiger partial charge in [-0.2, -0.15) is 5.10 Å². The minimum Gasteiger partial charge on any atom is -0.469 e. The van der Waals surface area contributed by atoms with Crippen LogP contribution in [-0.4, -0.2) is 27.8 Å². The van der Waals surface area contributed by atoms with Gasteiger partial charge in [-0.25, -0.2) is 4.98 Å². The Balaban J connectivity index is 2.38. The Labute approximate surface area is 83.1 Å². The molecule has 5 heteroatoms. The summed E-state index contributed by atoms with van der Waals surface area (Å²) in [5.74, 6) is 1.47. The van der Waals surface area contributed by atoms with Gasteiger partial charge in [-0.1, -0.05) is 0 Å². The first kappa shape index (κ1) is 10.7. The average Bonchev–Trinajstić information content (AvgIpc) is 2.45. The van der Waals surface area contributed by atoms with Gasteiger partial charge in [-0.15, -0.1) is 0 Å². The van der Waals surface area contributed by atoms with Gasteiger partial charge in [0.25, 0.3) is 0 Å². The van der Waals surface area contributed by atoms with Crippen molar-refractivity contribution in [3.63, 3.8) is 0 Å². The third kappa shape index (κ3) is 2.83. The van der Waals surface area contributed by atoms with Crippen LogP contribution in [0.5, 0.6) is 0 Å².